The first-order chi connectivity index (χ1) is 14.6. The van der Waals surface area contributed by atoms with E-state index in [1.54, 1.807) is 7.11 Å². The number of H-pyrrole nitrogens is 1. The number of ether oxygens (including phenoxy) is 1. The maximum atomic E-state index is 13.5. The summed E-state index contributed by atoms with van der Waals surface area (Å²) in [6, 6.07) is 16.5. The van der Waals surface area contributed by atoms with Gasteiger partial charge in [0.15, 0.2) is 0 Å². The van der Waals surface area contributed by atoms with Crippen molar-refractivity contribution in [1.29, 1.82) is 0 Å². The molecule has 0 bridgehead atoms. The molecular weight excluding hydrogens is 374 g/mol. The molecule has 1 aliphatic carbocycles. The zero-order valence-electron chi connectivity index (χ0n) is 17.6. The largest absolute Gasteiger partial charge is 0.497 e. The van der Waals surface area contributed by atoms with Crippen LogP contribution in [0.2, 0.25) is 0 Å². The van der Waals surface area contributed by atoms with E-state index in [2.05, 4.69) is 46.3 Å². The predicted molar refractivity (Wildman–Crippen MR) is 117 cm³/mol. The fourth-order valence-corrected chi connectivity index (χ4v) is 4.60. The second-order valence-electron chi connectivity index (χ2n) is 8.50. The third-order valence-electron chi connectivity index (χ3n) is 6.63. The van der Waals surface area contributed by atoms with Crippen LogP contribution in [0.1, 0.15) is 35.2 Å². The zero-order chi connectivity index (χ0) is 20.7. The van der Waals surface area contributed by atoms with Crippen molar-refractivity contribution < 1.29 is 9.53 Å². The van der Waals surface area contributed by atoms with Crippen molar-refractivity contribution in [2.75, 3.05) is 20.2 Å². The Morgan fingerprint density at radius 1 is 1.03 bits per heavy atom. The van der Waals surface area contributed by atoms with Gasteiger partial charge in [0.05, 0.1) is 18.2 Å². The Bertz CT molecular complexity index is 1060. The highest BCUT2D eigenvalue weighted by Gasteiger charge is 2.53. The average molecular weight is 402 g/mol. The molecule has 3 aromatic rings. The number of benzene rings is 2. The summed E-state index contributed by atoms with van der Waals surface area (Å²) in [6.45, 7) is 3.57. The van der Waals surface area contributed by atoms with Crippen molar-refractivity contribution >= 4 is 5.91 Å². The van der Waals surface area contributed by atoms with Crippen molar-refractivity contribution in [2.24, 2.45) is 0 Å². The molecular formula is C25H27N3O2. The molecule has 5 nitrogen and oxygen atoms in total. The van der Waals surface area contributed by atoms with E-state index in [0.717, 1.165) is 67.0 Å². The van der Waals surface area contributed by atoms with Gasteiger partial charge < -0.3 is 9.64 Å². The van der Waals surface area contributed by atoms with Gasteiger partial charge in [-0.3, -0.25) is 9.89 Å². The van der Waals surface area contributed by atoms with Crippen LogP contribution in [0.4, 0.5) is 0 Å². The summed E-state index contributed by atoms with van der Waals surface area (Å²) < 4.78 is 5.27. The molecule has 1 saturated carbocycles. The Morgan fingerprint density at radius 3 is 2.40 bits per heavy atom. The lowest BCUT2D eigenvalue weighted by Gasteiger charge is -2.26. The van der Waals surface area contributed by atoms with Crippen LogP contribution < -0.4 is 4.74 Å². The first-order valence-electron chi connectivity index (χ1n) is 10.7. The summed E-state index contributed by atoms with van der Waals surface area (Å²) in [5.41, 5.74) is 6.58. The maximum Gasteiger partial charge on any atom is 0.233 e. The normalized spacial score (nSPS) is 17.2. The summed E-state index contributed by atoms with van der Waals surface area (Å²) in [7, 11) is 1.67. The number of methoxy groups -OCH3 is 1. The van der Waals surface area contributed by atoms with Crippen LogP contribution in [0.3, 0.4) is 0 Å². The predicted octanol–water partition coefficient (Wildman–Crippen LogP) is 4.05. The SMILES string of the molecule is COc1ccc(C2(C(=O)N3CCc4[nH]nc(-c5ccc(C)cc5)c4CC3)CC2)cc1. The van der Waals surface area contributed by atoms with Crippen LogP contribution in [0.5, 0.6) is 5.75 Å². The zero-order valence-corrected chi connectivity index (χ0v) is 17.6. The van der Waals surface area contributed by atoms with Crippen LogP contribution in [0.25, 0.3) is 11.3 Å². The van der Waals surface area contributed by atoms with Crippen molar-refractivity contribution in [3.05, 3.63) is 70.9 Å². The Morgan fingerprint density at radius 2 is 1.73 bits per heavy atom. The van der Waals surface area contributed by atoms with E-state index in [0.29, 0.717) is 0 Å². The number of hydrogen-bond donors (Lipinski definition) is 1. The van der Waals surface area contributed by atoms with E-state index >= 15 is 0 Å². The van der Waals surface area contributed by atoms with Gasteiger partial charge in [0.1, 0.15) is 5.75 Å². The van der Waals surface area contributed by atoms with Gasteiger partial charge in [0, 0.05) is 36.3 Å². The molecule has 0 saturated heterocycles. The summed E-state index contributed by atoms with van der Waals surface area (Å²) in [5.74, 6) is 1.09. The van der Waals surface area contributed by atoms with Gasteiger partial charge in [0.2, 0.25) is 5.91 Å². The number of aryl methyl sites for hydroxylation is 1. The molecule has 1 aromatic heterocycles. The molecule has 1 fully saturated rings. The summed E-state index contributed by atoms with van der Waals surface area (Å²) in [5, 5.41) is 7.83. The van der Waals surface area contributed by atoms with Gasteiger partial charge in [-0.05, 0) is 43.9 Å². The standard InChI is InChI=1S/C25H27N3O2/c1-17-3-5-18(6-4-17)23-21-11-15-28(16-12-22(21)26-27-23)24(29)25(13-14-25)19-7-9-20(30-2)10-8-19/h3-10H,11-16H2,1-2H3,(H,26,27). The average Bonchev–Trinajstić information content (AvgIpc) is 3.54. The van der Waals surface area contributed by atoms with E-state index in [9.17, 15) is 4.79 Å². The molecule has 5 rings (SSSR count). The number of fused-ring (bicyclic) bond motifs is 1. The highest BCUT2D eigenvalue weighted by Crippen LogP contribution is 2.50. The van der Waals surface area contributed by atoms with Gasteiger partial charge >= 0.3 is 0 Å². The Hall–Kier alpha value is -3.08. The summed E-state index contributed by atoms with van der Waals surface area (Å²) in [6.07, 6.45) is 3.50. The number of amides is 1. The maximum absolute atomic E-state index is 13.5. The topological polar surface area (TPSA) is 58.2 Å². The Kier molecular flexibility index (Phi) is 4.61. The molecule has 2 aromatic carbocycles. The Balaban J connectivity index is 1.35. The lowest BCUT2D eigenvalue weighted by Crippen LogP contribution is -2.40. The monoisotopic (exact) mass is 401 g/mol. The first kappa shape index (κ1) is 18.9. The van der Waals surface area contributed by atoms with E-state index in [1.807, 2.05) is 24.3 Å². The molecule has 2 aliphatic rings. The number of carbonyl (C=O) groups excluding carboxylic acids is 1. The summed E-state index contributed by atoms with van der Waals surface area (Å²) >= 11 is 0. The number of nitrogens with one attached hydrogen (secondary N) is 1. The smallest absolute Gasteiger partial charge is 0.233 e. The second kappa shape index (κ2) is 7.31. The van der Waals surface area contributed by atoms with Crippen LogP contribution in [0, 0.1) is 6.92 Å². The van der Waals surface area contributed by atoms with Gasteiger partial charge in [0.25, 0.3) is 0 Å². The van der Waals surface area contributed by atoms with Crippen molar-refractivity contribution in [2.45, 2.75) is 38.0 Å². The van der Waals surface area contributed by atoms with Gasteiger partial charge in [-0.1, -0.05) is 42.0 Å². The number of nitrogens with zero attached hydrogens (tertiary/aromatic N) is 2. The molecule has 0 spiro atoms. The van der Waals surface area contributed by atoms with E-state index in [1.165, 1.54) is 11.1 Å². The van der Waals surface area contributed by atoms with Crippen molar-refractivity contribution in [3.63, 3.8) is 0 Å². The molecule has 0 atom stereocenters. The fourth-order valence-electron chi connectivity index (χ4n) is 4.60. The number of hydrogen-bond acceptors (Lipinski definition) is 3. The van der Waals surface area contributed by atoms with Crippen LogP contribution >= 0.6 is 0 Å². The summed E-state index contributed by atoms with van der Waals surface area (Å²) in [4.78, 5) is 15.6. The minimum absolute atomic E-state index is 0.266. The molecule has 30 heavy (non-hydrogen) atoms. The molecule has 1 N–H and O–H groups in total. The third kappa shape index (κ3) is 3.18. The van der Waals surface area contributed by atoms with Gasteiger partial charge in [-0.15, -0.1) is 0 Å². The van der Waals surface area contributed by atoms with Crippen LogP contribution in [-0.4, -0.2) is 41.2 Å². The minimum Gasteiger partial charge on any atom is -0.497 e. The number of aromatic nitrogens is 2. The molecule has 1 amide bonds. The molecule has 0 unspecified atom stereocenters. The van der Waals surface area contributed by atoms with E-state index < -0.39 is 0 Å². The lowest BCUT2D eigenvalue weighted by molar-refractivity contribution is -0.133. The lowest BCUT2D eigenvalue weighted by atomic mass is 9.94. The highest BCUT2D eigenvalue weighted by atomic mass is 16.5. The van der Waals surface area contributed by atoms with E-state index in [4.69, 9.17) is 4.74 Å². The van der Waals surface area contributed by atoms with Crippen molar-refractivity contribution in [1.82, 2.24) is 15.1 Å². The van der Waals surface area contributed by atoms with Crippen molar-refractivity contribution in [3.8, 4) is 17.0 Å². The molecule has 1 aliphatic heterocycles. The van der Waals surface area contributed by atoms with Crippen LogP contribution in [0.15, 0.2) is 48.5 Å². The quantitative estimate of drug-likeness (QED) is 0.717. The number of rotatable bonds is 4. The highest BCUT2D eigenvalue weighted by molar-refractivity contribution is 5.91. The molecule has 5 heteroatoms. The van der Waals surface area contributed by atoms with Gasteiger partial charge in [-0.2, -0.15) is 5.10 Å². The second-order valence-corrected chi connectivity index (χ2v) is 8.50. The molecule has 0 radical (unpaired) electrons. The molecule has 154 valence electrons. The fraction of sp³-hybridized carbons (Fsp3) is 0.360. The minimum atomic E-state index is -0.345. The van der Waals surface area contributed by atoms with Crippen LogP contribution in [-0.2, 0) is 23.1 Å². The number of aromatic amines is 1. The van der Waals surface area contributed by atoms with E-state index in [-0.39, 0.29) is 11.3 Å². The molecule has 2 heterocycles. The first-order valence-corrected chi connectivity index (χ1v) is 10.7. The van der Waals surface area contributed by atoms with Gasteiger partial charge in [-0.25, -0.2) is 0 Å². The number of carbonyl (C=O) groups is 1. The Labute approximate surface area is 177 Å². The third-order valence-corrected chi connectivity index (χ3v) is 6.63.